The molecule has 0 spiro atoms. The summed E-state index contributed by atoms with van der Waals surface area (Å²) in [5, 5.41) is 1.33. The maximum Gasteiger partial charge on any atom is 0.147 e. The molecule has 2 aromatic heterocycles. The minimum atomic E-state index is 0.619. The smallest absolute Gasteiger partial charge is 0.147 e. The number of methoxy groups -OCH3 is 1. The molecule has 1 aromatic carbocycles. The van der Waals surface area contributed by atoms with Crippen molar-refractivity contribution in [3.05, 3.63) is 47.8 Å². The third-order valence-corrected chi connectivity index (χ3v) is 5.89. The van der Waals surface area contributed by atoms with E-state index in [0.29, 0.717) is 6.04 Å². The summed E-state index contributed by atoms with van der Waals surface area (Å²) >= 11 is 0. The fourth-order valence-corrected chi connectivity index (χ4v) is 4.64. The lowest BCUT2D eigenvalue weighted by molar-refractivity contribution is 0.414. The van der Waals surface area contributed by atoms with Gasteiger partial charge in [-0.15, -0.1) is 0 Å². The van der Waals surface area contributed by atoms with Gasteiger partial charge in [-0.25, -0.2) is 4.98 Å². The first kappa shape index (κ1) is 18.9. The average molecular weight is 378 g/mol. The van der Waals surface area contributed by atoms with Crippen molar-refractivity contribution in [1.29, 1.82) is 0 Å². The van der Waals surface area contributed by atoms with Gasteiger partial charge in [0.2, 0.25) is 0 Å². The normalized spacial score (nSPS) is 13.5. The molecule has 0 saturated heterocycles. The fourth-order valence-electron chi connectivity index (χ4n) is 4.64. The first-order valence-corrected chi connectivity index (χ1v) is 10.6. The highest BCUT2D eigenvalue weighted by atomic mass is 16.5. The molecule has 0 atom stereocenters. The Bertz CT molecular complexity index is 969. The number of benzene rings is 1. The van der Waals surface area contributed by atoms with E-state index in [1.807, 2.05) is 12.1 Å². The van der Waals surface area contributed by atoms with Gasteiger partial charge in [0.1, 0.15) is 11.4 Å². The molecule has 3 heterocycles. The van der Waals surface area contributed by atoms with Crippen LogP contribution in [0.25, 0.3) is 16.7 Å². The quantitative estimate of drug-likeness (QED) is 0.531. The highest BCUT2D eigenvalue weighted by molar-refractivity contribution is 5.96. The Morgan fingerprint density at radius 2 is 1.93 bits per heavy atom. The topological polar surface area (TPSA) is 30.3 Å². The second-order valence-electron chi connectivity index (χ2n) is 7.88. The standard InChI is InChI=1S/C24H31N3O/c1-5-8-19(9-6-2)26-13-12-18-16-27(20-10-7-11-21(15-20)28-4)24-23(18)22(26)14-17(3)25-24/h7,10-11,14-16,19H,5-6,8-9,12-13H2,1-4H3. The number of ether oxygens (including phenoxy) is 1. The molecule has 1 aliphatic heterocycles. The van der Waals surface area contributed by atoms with Gasteiger partial charge in [0.25, 0.3) is 0 Å². The van der Waals surface area contributed by atoms with Crippen LogP contribution in [-0.4, -0.2) is 29.2 Å². The van der Waals surface area contributed by atoms with E-state index in [0.717, 1.165) is 35.7 Å². The third kappa shape index (κ3) is 3.25. The van der Waals surface area contributed by atoms with Gasteiger partial charge in [0.05, 0.1) is 18.5 Å². The van der Waals surface area contributed by atoms with Crippen LogP contribution in [0.5, 0.6) is 5.75 Å². The van der Waals surface area contributed by atoms with Gasteiger partial charge in [0.15, 0.2) is 0 Å². The minimum absolute atomic E-state index is 0.619. The molecule has 0 radical (unpaired) electrons. The number of anilines is 1. The Hall–Kier alpha value is -2.49. The first-order chi connectivity index (χ1) is 13.7. The van der Waals surface area contributed by atoms with Crippen molar-refractivity contribution in [2.75, 3.05) is 18.6 Å². The molecule has 28 heavy (non-hydrogen) atoms. The van der Waals surface area contributed by atoms with Crippen molar-refractivity contribution in [3.63, 3.8) is 0 Å². The number of hydrogen-bond donors (Lipinski definition) is 0. The fraction of sp³-hybridized carbons (Fsp3) is 0.458. The zero-order chi connectivity index (χ0) is 19.7. The summed E-state index contributed by atoms with van der Waals surface area (Å²) < 4.78 is 7.68. The Morgan fingerprint density at radius 3 is 2.64 bits per heavy atom. The predicted molar refractivity (Wildman–Crippen MR) is 117 cm³/mol. The third-order valence-electron chi connectivity index (χ3n) is 5.89. The van der Waals surface area contributed by atoms with Gasteiger partial charge in [-0.2, -0.15) is 0 Å². The highest BCUT2D eigenvalue weighted by Crippen LogP contribution is 2.39. The molecule has 3 aromatic rings. The zero-order valence-corrected chi connectivity index (χ0v) is 17.5. The summed E-state index contributed by atoms with van der Waals surface area (Å²) in [5.41, 5.74) is 6.03. The molecule has 4 heteroatoms. The second kappa shape index (κ2) is 7.86. The summed E-state index contributed by atoms with van der Waals surface area (Å²) in [6.07, 6.45) is 8.32. The maximum absolute atomic E-state index is 5.44. The average Bonchev–Trinajstić information content (AvgIpc) is 3.07. The number of pyridine rings is 1. The summed E-state index contributed by atoms with van der Waals surface area (Å²) in [5.74, 6) is 0.872. The van der Waals surface area contributed by atoms with Gasteiger partial charge in [-0.3, -0.25) is 0 Å². The monoisotopic (exact) mass is 377 g/mol. The molecule has 148 valence electrons. The van der Waals surface area contributed by atoms with Crippen molar-refractivity contribution < 1.29 is 4.74 Å². The molecule has 0 N–H and O–H groups in total. The van der Waals surface area contributed by atoms with E-state index in [9.17, 15) is 0 Å². The van der Waals surface area contributed by atoms with E-state index in [4.69, 9.17) is 9.72 Å². The van der Waals surface area contributed by atoms with Crippen molar-refractivity contribution in [2.24, 2.45) is 0 Å². The predicted octanol–water partition coefficient (Wildman–Crippen LogP) is 5.67. The van der Waals surface area contributed by atoms with Gasteiger partial charge in [0, 0.05) is 35.9 Å². The van der Waals surface area contributed by atoms with Crippen LogP contribution in [0.3, 0.4) is 0 Å². The summed E-state index contributed by atoms with van der Waals surface area (Å²) in [6, 6.07) is 11.1. The van der Waals surface area contributed by atoms with Crippen LogP contribution >= 0.6 is 0 Å². The lowest BCUT2D eigenvalue weighted by atomic mass is 9.98. The van der Waals surface area contributed by atoms with E-state index in [1.54, 1.807) is 7.11 Å². The van der Waals surface area contributed by atoms with E-state index >= 15 is 0 Å². The summed E-state index contributed by atoms with van der Waals surface area (Å²) in [4.78, 5) is 7.61. The van der Waals surface area contributed by atoms with Gasteiger partial charge in [-0.05, 0) is 49.9 Å². The van der Waals surface area contributed by atoms with E-state index < -0.39 is 0 Å². The van der Waals surface area contributed by atoms with Crippen molar-refractivity contribution in [2.45, 2.75) is 58.9 Å². The Balaban J connectivity index is 1.87. The Labute approximate surface area is 168 Å². The molecule has 0 bridgehead atoms. The molecular weight excluding hydrogens is 346 g/mol. The zero-order valence-electron chi connectivity index (χ0n) is 17.5. The number of aryl methyl sites for hydroxylation is 1. The van der Waals surface area contributed by atoms with E-state index in [-0.39, 0.29) is 0 Å². The van der Waals surface area contributed by atoms with Crippen LogP contribution in [0.2, 0.25) is 0 Å². The molecular formula is C24H31N3O. The molecule has 0 saturated carbocycles. The maximum atomic E-state index is 5.44. The van der Waals surface area contributed by atoms with Crippen molar-refractivity contribution in [1.82, 2.24) is 9.55 Å². The van der Waals surface area contributed by atoms with Crippen LogP contribution in [0, 0.1) is 6.92 Å². The molecule has 0 unspecified atom stereocenters. The van der Waals surface area contributed by atoms with Crippen molar-refractivity contribution in [3.8, 4) is 11.4 Å². The second-order valence-corrected chi connectivity index (χ2v) is 7.88. The summed E-state index contributed by atoms with van der Waals surface area (Å²) in [6.45, 7) is 7.80. The van der Waals surface area contributed by atoms with E-state index in [2.05, 4.69) is 54.6 Å². The van der Waals surface area contributed by atoms with Gasteiger partial charge >= 0.3 is 0 Å². The van der Waals surface area contributed by atoms with Crippen molar-refractivity contribution >= 4 is 16.7 Å². The van der Waals surface area contributed by atoms with Gasteiger partial charge < -0.3 is 14.2 Å². The van der Waals surface area contributed by atoms with E-state index in [1.165, 1.54) is 42.3 Å². The molecule has 0 fully saturated rings. The Kier molecular flexibility index (Phi) is 5.29. The lowest BCUT2D eigenvalue weighted by Gasteiger charge is -2.37. The summed E-state index contributed by atoms with van der Waals surface area (Å²) in [7, 11) is 1.71. The minimum Gasteiger partial charge on any atom is -0.497 e. The molecule has 4 rings (SSSR count). The van der Waals surface area contributed by atoms with Crippen LogP contribution in [-0.2, 0) is 6.42 Å². The van der Waals surface area contributed by atoms with Crippen LogP contribution in [0.1, 0.15) is 50.8 Å². The molecule has 0 amide bonds. The van der Waals surface area contributed by atoms with Gasteiger partial charge in [-0.1, -0.05) is 32.8 Å². The van der Waals surface area contributed by atoms with Crippen LogP contribution < -0.4 is 9.64 Å². The van der Waals surface area contributed by atoms with Crippen LogP contribution in [0.4, 0.5) is 5.69 Å². The number of rotatable bonds is 7. The number of aromatic nitrogens is 2. The number of nitrogens with zero attached hydrogens (tertiary/aromatic N) is 3. The largest absolute Gasteiger partial charge is 0.497 e. The lowest BCUT2D eigenvalue weighted by Crippen LogP contribution is -2.38. The molecule has 1 aliphatic rings. The molecule has 0 aliphatic carbocycles. The van der Waals surface area contributed by atoms with Crippen LogP contribution in [0.15, 0.2) is 36.5 Å². The Morgan fingerprint density at radius 1 is 1.14 bits per heavy atom. The highest BCUT2D eigenvalue weighted by Gasteiger charge is 2.27. The molecule has 4 nitrogen and oxygen atoms in total. The number of hydrogen-bond acceptors (Lipinski definition) is 3. The first-order valence-electron chi connectivity index (χ1n) is 10.6. The SMILES string of the molecule is CCCC(CCC)N1CCc2cn(-c3cccc(OC)c3)c3nc(C)cc1c23.